The third-order valence-corrected chi connectivity index (χ3v) is 4.92. The Bertz CT molecular complexity index is 549. The van der Waals surface area contributed by atoms with Crippen LogP contribution >= 0.6 is 0 Å². The minimum Gasteiger partial charge on any atom is -0.391 e. The molecule has 0 saturated heterocycles. The van der Waals surface area contributed by atoms with Crippen LogP contribution in [0.2, 0.25) is 0 Å². The standard InChI is InChI=1S/C19H29F3N2O/c1-3-4-5-6-10-23-12-17(25)15-11-13(2)24-18-14(15)8-7-9-16(18)19(20,21)22/h9,15,17,23,25H,3-8,10-12H2,1-2H3. The molecule has 0 saturated carbocycles. The molecule has 0 spiro atoms. The minimum atomic E-state index is -4.39. The van der Waals surface area contributed by atoms with Crippen LogP contribution in [0.4, 0.5) is 13.2 Å². The number of allylic oxidation sites excluding steroid dienone is 2. The van der Waals surface area contributed by atoms with Crippen molar-refractivity contribution in [3.63, 3.8) is 0 Å². The number of rotatable bonds is 8. The summed E-state index contributed by atoms with van der Waals surface area (Å²) in [7, 11) is 0. The molecule has 1 aliphatic carbocycles. The first-order valence-corrected chi connectivity index (χ1v) is 9.28. The van der Waals surface area contributed by atoms with Gasteiger partial charge in [0.25, 0.3) is 0 Å². The summed E-state index contributed by atoms with van der Waals surface area (Å²) in [4.78, 5) is 4.19. The minimum absolute atomic E-state index is 0.0505. The number of nitrogens with zero attached hydrogens (tertiary/aromatic N) is 1. The van der Waals surface area contributed by atoms with E-state index in [2.05, 4.69) is 17.2 Å². The number of aliphatic imine (C=N–C) groups is 1. The molecule has 142 valence electrons. The van der Waals surface area contributed by atoms with Gasteiger partial charge in [0.05, 0.1) is 17.4 Å². The van der Waals surface area contributed by atoms with Crippen molar-refractivity contribution >= 4 is 5.71 Å². The second-order valence-electron chi connectivity index (χ2n) is 7.02. The average molecular weight is 358 g/mol. The summed E-state index contributed by atoms with van der Waals surface area (Å²) in [5, 5.41) is 13.8. The highest BCUT2D eigenvalue weighted by Crippen LogP contribution is 2.43. The summed E-state index contributed by atoms with van der Waals surface area (Å²) in [5.41, 5.74) is 0.732. The molecule has 0 aromatic carbocycles. The van der Waals surface area contributed by atoms with Gasteiger partial charge in [0.1, 0.15) is 0 Å². The quantitative estimate of drug-likeness (QED) is 0.626. The summed E-state index contributed by atoms with van der Waals surface area (Å²) in [6.45, 7) is 5.13. The number of hydrogen-bond acceptors (Lipinski definition) is 3. The van der Waals surface area contributed by atoms with Gasteiger partial charge in [-0.15, -0.1) is 0 Å². The highest BCUT2D eigenvalue weighted by atomic mass is 19.4. The van der Waals surface area contributed by atoms with Crippen molar-refractivity contribution in [1.82, 2.24) is 5.32 Å². The summed E-state index contributed by atoms with van der Waals surface area (Å²) >= 11 is 0. The summed E-state index contributed by atoms with van der Waals surface area (Å²) in [5.74, 6) is -0.276. The lowest BCUT2D eigenvalue weighted by Crippen LogP contribution is -2.37. The van der Waals surface area contributed by atoms with Gasteiger partial charge in [-0.1, -0.05) is 32.3 Å². The van der Waals surface area contributed by atoms with Crippen molar-refractivity contribution in [2.45, 2.75) is 71.1 Å². The topological polar surface area (TPSA) is 44.6 Å². The lowest BCUT2D eigenvalue weighted by atomic mass is 9.79. The average Bonchev–Trinajstić information content (AvgIpc) is 2.55. The fourth-order valence-corrected chi connectivity index (χ4v) is 3.62. The first-order chi connectivity index (χ1) is 11.8. The molecular formula is C19H29F3N2O. The number of aliphatic hydroxyl groups excluding tert-OH is 1. The summed E-state index contributed by atoms with van der Waals surface area (Å²) < 4.78 is 39.8. The van der Waals surface area contributed by atoms with Gasteiger partial charge >= 0.3 is 6.18 Å². The van der Waals surface area contributed by atoms with E-state index in [1.807, 2.05) is 0 Å². The van der Waals surface area contributed by atoms with Crippen molar-refractivity contribution in [2.75, 3.05) is 13.1 Å². The molecule has 0 fully saturated rings. The van der Waals surface area contributed by atoms with Gasteiger partial charge in [-0.2, -0.15) is 13.2 Å². The summed E-state index contributed by atoms with van der Waals surface area (Å²) in [6.07, 6.45) is 2.17. The first kappa shape index (κ1) is 20.2. The zero-order chi connectivity index (χ0) is 18.4. The SMILES string of the molecule is CCCCCCNCC(O)C1CC(C)=NC2=C1CCC=C2C(F)(F)F. The number of nitrogens with one attached hydrogen (secondary N) is 1. The van der Waals surface area contributed by atoms with Gasteiger partial charge in [-0.05, 0) is 44.7 Å². The third-order valence-electron chi connectivity index (χ3n) is 4.92. The zero-order valence-corrected chi connectivity index (χ0v) is 15.1. The van der Waals surface area contributed by atoms with Crippen LogP contribution < -0.4 is 5.32 Å². The van der Waals surface area contributed by atoms with Gasteiger partial charge in [0, 0.05) is 18.2 Å². The van der Waals surface area contributed by atoms with Crippen LogP contribution in [0, 0.1) is 5.92 Å². The number of hydrogen-bond donors (Lipinski definition) is 2. The molecule has 3 nitrogen and oxygen atoms in total. The van der Waals surface area contributed by atoms with Gasteiger partial charge in [-0.3, -0.25) is 4.99 Å². The molecule has 2 aliphatic rings. The Labute approximate surface area is 148 Å². The molecule has 2 unspecified atom stereocenters. The van der Waals surface area contributed by atoms with Crippen LogP contribution in [0.15, 0.2) is 27.9 Å². The molecule has 25 heavy (non-hydrogen) atoms. The van der Waals surface area contributed by atoms with E-state index in [0.29, 0.717) is 37.1 Å². The molecule has 2 rings (SSSR count). The lowest BCUT2D eigenvalue weighted by Gasteiger charge is -2.33. The van der Waals surface area contributed by atoms with Crippen molar-refractivity contribution in [1.29, 1.82) is 0 Å². The number of alkyl halides is 3. The second kappa shape index (κ2) is 8.99. The van der Waals surface area contributed by atoms with Gasteiger partial charge in [0.15, 0.2) is 0 Å². The highest BCUT2D eigenvalue weighted by molar-refractivity contribution is 5.85. The van der Waals surface area contributed by atoms with Crippen LogP contribution in [0.25, 0.3) is 0 Å². The molecule has 1 heterocycles. The Kier molecular flexibility index (Phi) is 7.25. The van der Waals surface area contributed by atoms with E-state index in [9.17, 15) is 18.3 Å². The largest absolute Gasteiger partial charge is 0.418 e. The molecule has 0 amide bonds. The third kappa shape index (κ3) is 5.42. The Morgan fingerprint density at radius 3 is 2.76 bits per heavy atom. The fraction of sp³-hybridized carbons (Fsp3) is 0.737. The molecule has 0 aromatic rings. The number of unbranched alkanes of at least 4 members (excludes halogenated alkanes) is 3. The van der Waals surface area contributed by atoms with E-state index in [4.69, 9.17) is 0 Å². The van der Waals surface area contributed by atoms with E-state index < -0.39 is 17.9 Å². The van der Waals surface area contributed by atoms with E-state index in [1.54, 1.807) is 6.92 Å². The highest BCUT2D eigenvalue weighted by Gasteiger charge is 2.41. The van der Waals surface area contributed by atoms with Crippen LogP contribution in [0.5, 0.6) is 0 Å². The Morgan fingerprint density at radius 1 is 1.32 bits per heavy atom. The van der Waals surface area contributed by atoms with E-state index in [1.165, 1.54) is 18.9 Å². The number of aliphatic hydroxyl groups is 1. The molecule has 0 bridgehead atoms. The van der Waals surface area contributed by atoms with Crippen molar-refractivity contribution in [3.8, 4) is 0 Å². The predicted molar refractivity (Wildman–Crippen MR) is 94.6 cm³/mol. The van der Waals surface area contributed by atoms with Gasteiger partial charge in [-0.25, -0.2) is 0 Å². The van der Waals surface area contributed by atoms with Crippen molar-refractivity contribution in [2.24, 2.45) is 10.9 Å². The Balaban J connectivity index is 2.02. The molecule has 0 radical (unpaired) electrons. The molecular weight excluding hydrogens is 329 g/mol. The van der Waals surface area contributed by atoms with Crippen LogP contribution in [-0.4, -0.2) is 36.2 Å². The monoisotopic (exact) mass is 358 g/mol. The second-order valence-corrected chi connectivity index (χ2v) is 7.02. The number of halogens is 3. The molecule has 6 heteroatoms. The molecule has 2 N–H and O–H groups in total. The van der Waals surface area contributed by atoms with E-state index in [0.717, 1.165) is 19.4 Å². The van der Waals surface area contributed by atoms with E-state index >= 15 is 0 Å². The zero-order valence-electron chi connectivity index (χ0n) is 15.1. The summed E-state index contributed by atoms with van der Waals surface area (Å²) in [6, 6.07) is 0. The maximum absolute atomic E-state index is 13.3. The van der Waals surface area contributed by atoms with Crippen LogP contribution in [0.3, 0.4) is 0 Å². The normalized spacial score (nSPS) is 22.4. The fourth-order valence-electron chi connectivity index (χ4n) is 3.62. The van der Waals surface area contributed by atoms with E-state index in [-0.39, 0.29) is 11.6 Å². The van der Waals surface area contributed by atoms with Gasteiger partial charge < -0.3 is 10.4 Å². The van der Waals surface area contributed by atoms with Crippen LogP contribution in [0.1, 0.15) is 58.8 Å². The maximum atomic E-state index is 13.3. The smallest absolute Gasteiger partial charge is 0.391 e. The van der Waals surface area contributed by atoms with Crippen LogP contribution in [-0.2, 0) is 0 Å². The first-order valence-electron chi connectivity index (χ1n) is 9.28. The Hall–Kier alpha value is -1.14. The Morgan fingerprint density at radius 2 is 2.08 bits per heavy atom. The van der Waals surface area contributed by atoms with Crippen molar-refractivity contribution in [3.05, 3.63) is 22.9 Å². The predicted octanol–water partition coefficient (Wildman–Crippen LogP) is 4.53. The lowest BCUT2D eigenvalue weighted by molar-refractivity contribution is -0.0901. The molecule has 0 aromatic heterocycles. The molecule has 1 aliphatic heterocycles. The maximum Gasteiger partial charge on any atom is 0.418 e. The van der Waals surface area contributed by atoms with Crippen molar-refractivity contribution < 1.29 is 18.3 Å². The molecule has 2 atom stereocenters. The van der Waals surface area contributed by atoms with Gasteiger partial charge in [0.2, 0.25) is 0 Å².